The van der Waals surface area contributed by atoms with Gasteiger partial charge >= 0.3 is 11.9 Å². The minimum atomic E-state index is -4.68. The van der Waals surface area contributed by atoms with E-state index in [2.05, 4.69) is 25.5 Å². The average Bonchev–Trinajstić information content (AvgIpc) is 3.85. The minimum absolute atomic E-state index is 0.0225. The Morgan fingerprint density at radius 2 is 1.65 bits per heavy atom. The van der Waals surface area contributed by atoms with Crippen LogP contribution in [0.25, 0.3) is 11.0 Å². The molecule has 5 aliphatic rings. The first-order chi connectivity index (χ1) is 31.1. The molecule has 3 unspecified atom stereocenters. The molecule has 1 saturated carbocycles. The molecule has 358 valence electrons. The number of carbonyl (C=O) groups is 1. The van der Waals surface area contributed by atoms with Crippen LogP contribution < -0.4 is 26.1 Å². The molecule has 4 N–H and O–H groups in total. The average molecular weight is 942 g/mol. The van der Waals surface area contributed by atoms with E-state index in [0.29, 0.717) is 73.7 Å². The van der Waals surface area contributed by atoms with Gasteiger partial charge in [-0.05, 0) is 139 Å². The molecule has 4 aromatic rings. The quantitative estimate of drug-likeness (QED) is 0.144. The molecule has 2 aromatic carbocycles. The van der Waals surface area contributed by atoms with Gasteiger partial charge in [-0.2, -0.15) is 18.2 Å². The van der Waals surface area contributed by atoms with E-state index < -0.39 is 62.1 Å². The predicted molar refractivity (Wildman–Crippen MR) is 241 cm³/mol. The second kappa shape index (κ2) is 17.1. The van der Waals surface area contributed by atoms with Crippen LogP contribution in [0.15, 0.2) is 46.2 Å². The Hall–Kier alpha value is -4.79. The molecule has 1 spiro atoms. The highest BCUT2D eigenvalue weighted by Gasteiger charge is 2.51. The lowest BCUT2D eigenvalue weighted by Crippen LogP contribution is -2.52. The zero-order valence-corrected chi connectivity index (χ0v) is 38.6. The van der Waals surface area contributed by atoms with E-state index in [1.807, 2.05) is 4.90 Å². The molecule has 4 saturated heterocycles. The van der Waals surface area contributed by atoms with Crippen molar-refractivity contribution in [1.29, 1.82) is 0 Å². The summed E-state index contributed by atoms with van der Waals surface area (Å²) in [6, 6.07) is 7.29. The number of nitrogens with one attached hydrogen (secondary N) is 2. The van der Waals surface area contributed by atoms with Crippen molar-refractivity contribution in [1.82, 2.24) is 29.3 Å². The molecule has 1 aliphatic carbocycles. The third-order valence-electron chi connectivity index (χ3n) is 15.3. The van der Waals surface area contributed by atoms with Gasteiger partial charge in [0.1, 0.15) is 29.2 Å². The fraction of sp³-hybridized carbons (Fsp3) is 0.609. The standard InChI is InChI=1S/C46H59F4N9O6S/c1-27-21-30(5-6-33(27)52-42-51-24-32(46(48,49)50)40(54-42)58-18-13-29(26-58)44(2,3)63)66(64,65)31-22-45(23-31)14-19-56(20-15-45)25-28-11-16-57(17-12-28)34-7-8-35-39(38(34)47)55(4)43(62)59(35)36-9-10-37(60)53-41(36)61/h5-8,21,24,28-29,31,36-37,60,63H,9-20,22-23,25-26H2,1-4H3,(H,53,61)(H,51,52,54). The van der Waals surface area contributed by atoms with Crippen LogP contribution >= 0.6 is 0 Å². The van der Waals surface area contributed by atoms with Crippen molar-refractivity contribution in [3.05, 3.63) is 64.0 Å². The molecule has 15 nitrogen and oxygen atoms in total. The second-order valence-electron chi connectivity index (χ2n) is 20.0. The lowest BCUT2D eigenvalue weighted by molar-refractivity contribution is -0.137. The molecule has 66 heavy (non-hydrogen) atoms. The molecule has 9 rings (SSSR count). The third kappa shape index (κ3) is 8.66. The highest BCUT2D eigenvalue weighted by atomic mass is 32.2. The smallest absolute Gasteiger partial charge is 0.390 e. The van der Waals surface area contributed by atoms with Gasteiger partial charge in [0.25, 0.3) is 0 Å². The van der Waals surface area contributed by atoms with E-state index in [-0.39, 0.29) is 46.5 Å². The van der Waals surface area contributed by atoms with E-state index in [4.69, 9.17) is 0 Å². The largest absolute Gasteiger partial charge is 0.421 e. The van der Waals surface area contributed by atoms with Crippen LogP contribution in [0.3, 0.4) is 0 Å². The van der Waals surface area contributed by atoms with E-state index >= 15 is 4.39 Å². The lowest BCUT2D eigenvalue weighted by atomic mass is 9.63. The Morgan fingerprint density at radius 1 is 0.955 bits per heavy atom. The fourth-order valence-electron chi connectivity index (χ4n) is 11.1. The van der Waals surface area contributed by atoms with Crippen molar-refractivity contribution in [3.63, 3.8) is 0 Å². The van der Waals surface area contributed by atoms with Crippen LogP contribution in [-0.4, -0.2) is 111 Å². The number of hydrogen-bond acceptors (Lipinski definition) is 12. The summed E-state index contributed by atoms with van der Waals surface area (Å²) >= 11 is 0. The number of aliphatic hydroxyl groups excluding tert-OH is 1. The summed E-state index contributed by atoms with van der Waals surface area (Å²) in [4.78, 5) is 40.4. The molecule has 4 aliphatic heterocycles. The number of halogens is 4. The second-order valence-corrected chi connectivity index (χ2v) is 22.2. The van der Waals surface area contributed by atoms with E-state index in [9.17, 15) is 41.4 Å². The number of amides is 1. The van der Waals surface area contributed by atoms with Crippen molar-refractivity contribution in [3.8, 4) is 0 Å². The number of nitrogens with zero attached hydrogens (tertiary/aromatic N) is 7. The molecule has 5 fully saturated rings. The highest BCUT2D eigenvalue weighted by molar-refractivity contribution is 7.92. The molecular weight excluding hydrogens is 883 g/mol. The molecule has 6 heterocycles. The number of carbonyl (C=O) groups excluding carboxylic acids is 1. The van der Waals surface area contributed by atoms with Gasteiger partial charge < -0.3 is 35.5 Å². The maximum atomic E-state index is 16.2. The Balaban J connectivity index is 0.770. The number of rotatable bonds is 10. The van der Waals surface area contributed by atoms with Crippen molar-refractivity contribution in [2.24, 2.45) is 24.3 Å². The van der Waals surface area contributed by atoms with Crippen LogP contribution in [0.4, 0.5) is 40.7 Å². The van der Waals surface area contributed by atoms with E-state index in [0.717, 1.165) is 51.5 Å². The normalized spacial score (nSPS) is 23.7. The number of anilines is 4. The van der Waals surface area contributed by atoms with Crippen LogP contribution in [0.2, 0.25) is 0 Å². The molecule has 3 atom stereocenters. The molecule has 20 heteroatoms. The van der Waals surface area contributed by atoms with Crippen molar-refractivity contribution < 1.29 is 41.0 Å². The molecule has 0 bridgehead atoms. The Bertz CT molecular complexity index is 2680. The molecule has 2 aromatic heterocycles. The number of aliphatic hydroxyl groups is 2. The Morgan fingerprint density at radius 3 is 2.29 bits per heavy atom. The third-order valence-corrected chi connectivity index (χ3v) is 17.4. The zero-order chi connectivity index (χ0) is 47.1. The summed E-state index contributed by atoms with van der Waals surface area (Å²) in [5.74, 6) is -1.08. The number of likely N-dealkylation sites (tertiary alicyclic amines) is 1. The number of hydrogen-bond donors (Lipinski definition) is 4. The van der Waals surface area contributed by atoms with Crippen LogP contribution in [0.1, 0.15) is 88.8 Å². The molecule has 1 amide bonds. The SMILES string of the molecule is Cc1cc(S(=O)(=O)C2CC3(CCN(CC4CCN(c5ccc6c(c5F)n(C)c(=O)n6C5CCC(O)NC5=O)CC4)CC3)C2)ccc1Nc1ncc(C(F)(F)F)c(N2CCC(C(C)(C)O)C2)n1. The molecular formula is C46H59F4N9O6S. The van der Waals surface area contributed by atoms with Gasteiger partial charge in [0.2, 0.25) is 11.9 Å². The lowest BCUT2D eigenvalue weighted by Gasteiger charge is -2.52. The number of aryl methyl sites for hydroxylation is 2. The van der Waals surface area contributed by atoms with Gasteiger partial charge in [-0.3, -0.25) is 13.9 Å². The van der Waals surface area contributed by atoms with Gasteiger partial charge in [-0.25, -0.2) is 22.6 Å². The number of benzene rings is 2. The van der Waals surface area contributed by atoms with Gasteiger partial charge in [-0.1, -0.05) is 0 Å². The van der Waals surface area contributed by atoms with E-state index in [1.165, 1.54) is 27.1 Å². The van der Waals surface area contributed by atoms with Crippen LogP contribution in [-0.2, 0) is 27.9 Å². The molecule has 0 radical (unpaired) electrons. The number of alkyl halides is 3. The number of sulfone groups is 1. The van der Waals surface area contributed by atoms with Crippen LogP contribution in [0, 0.1) is 30.0 Å². The van der Waals surface area contributed by atoms with Gasteiger partial charge in [0, 0.05) is 57.6 Å². The highest BCUT2D eigenvalue weighted by Crippen LogP contribution is 2.53. The maximum absolute atomic E-state index is 16.2. The first kappa shape index (κ1) is 46.3. The Kier molecular flexibility index (Phi) is 12.0. The predicted octanol–water partition coefficient (Wildman–Crippen LogP) is 5.64. The fourth-order valence-corrected chi connectivity index (χ4v) is 13.3. The van der Waals surface area contributed by atoms with Gasteiger partial charge in [0.05, 0.1) is 27.0 Å². The summed E-state index contributed by atoms with van der Waals surface area (Å²) in [6.07, 6.45) is 0.947. The Labute approximate surface area is 381 Å². The summed E-state index contributed by atoms with van der Waals surface area (Å²) in [5, 5.41) is 25.3. The van der Waals surface area contributed by atoms with Crippen molar-refractivity contribution in [2.45, 2.75) is 113 Å². The monoisotopic (exact) mass is 941 g/mol. The van der Waals surface area contributed by atoms with E-state index in [1.54, 1.807) is 45.0 Å². The summed E-state index contributed by atoms with van der Waals surface area (Å²) in [5.41, 5.74) is -0.545. The van der Waals surface area contributed by atoms with Crippen LogP contribution in [0.5, 0.6) is 0 Å². The number of aromatic nitrogens is 4. The van der Waals surface area contributed by atoms with Gasteiger partial charge in [-0.15, -0.1) is 0 Å². The van der Waals surface area contributed by atoms with Crippen molar-refractivity contribution >= 4 is 49.9 Å². The first-order valence-electron chi connectivity index (χ1n) is 23.0. The minimum Gasteiger partial charge on any atom is -0.390 e. The number of imidazole rings is 1. The van der Waals surface area contributed by atoms with Gasteiger partial charge in [0.15, 0.2) is 15.7 Å². The summed E-state index contributed by atoms with van der Waals surface area (Å²) in [6.45, 7) is 9.53. The summed E-state index contributed by atoms with van der Waals surface area (Å²) < 4.78 is 88.7. The number of piperidine rings is 3. The first-order valence-corrected chi connectivity index (χ1v) is 24.5. The van der Waals surface area contributed by atoms with Crippen molar-refractivity contribution in [2.75, 3.05) is 60.9 Å². The zero-order valence-electron chi connectivity index (χ0n) is 37.7. The number of fused-ring (bicyclic) bond motifs is 1. The maximum Gasteiger partial charge on any atom is 0.421 e. The topological polar surface area (TPSA) is 178 Å². The summed E-state index contributed by atoms with van der Waals surface area (Å²) in [7, 11) is -2.13.